The van der Waals surface area contributed by atoms with Crippen LogP contribution in [0.2, 0.25) is 0 Å². The van der Waals surface area contributed by atoms with Crippen LogP contribution < -0.4 is 5.73 Å². The van der Waals surface area contributed by atoms with Crippen molar-refractivity contribution >= 4 is 5.65 Å². The summed E-state index contributed by atoms with van der Waals surface area (Å²) < 4.78 is 2.13. The summed E-state index contributed by atoms with van der Waals surface area (Å²) in [6, 6.07) is 9.78. The van der Waals surface area contributed by atoms with E-state index in [0.717, 1.165) is 28.3 Å². The highest BCUT2D eigenvalue weighted by molar-refractivity contribution is 5.47. The molecule has 0 bridgehead atoms. The summed E-state index contributed by atoms with van der Waals surface area (Å²) in [5, 5.41) is 0. The predicted octanol–water partition coefficient (Wildman–Crippen LogP) is 2.39. The van der Waals surface area contributed by atoms with E-state index < -0.39 is 0 Å². The summed E-state index contributed by atoms with van der Waals surface area (Å²) in [4.78, 5) is 8.62. The molecule has 3 aromatic heterocycles. The maximum Gasteiger partial charge on any atom is 0.137 e. The second-order valence-corrected chi connectivity index (χ2v) is 4.70. The van der Waals surface area contributed by atoms with Crippen LogP contribution in [-0.4, -0.2) is 14.4 Å². The van der Waals surface area contributed by atoms with Crippen LogP contribution in [0, 0.1) is 13.8 Å². The Balaban J connectivity index is 2.23. The predicted molar refractivity (Wildman–Crippen MR) is 74.9 cm³/mol. The van der Waals surface area contributed by atoms with Crippen molar-refractivity contribution in [3.63, 3.8) is 0 Å². The second-order valence-electron chi connectivity index (χ2n) is 4.70. The minimum atomic E-state index is -0.195. The minimum absolute atomic E-state index is 0.195. The second kappa shape index (κ2) is 4.48. The van der Waals surface area contributed by atoms with E-state index in [2.05, 4.69) is 27.4 Å². The summed E-state index contributed by atoms with van der Waals surface area (Å²) in [6.07, 6.45) is 3.53. The molecule has 2 N–H and O–H groups in total. The van der Waals surface area contributed by atoms with E-state index in [4.69, 9.17) is 5.73 Å². The number of aryl methyl sites for hydroxylation is 2. The van der Waals surface area contributed by atoms with Crippen LogP contribution in [0.15, 0.2) is 42.7 Å². The lowest BCUT2D eigenvalue weighted by Gasteiger charge is -2.14. The van der Waals surface area contributed by atoms with Crippen molar-refractivity contribution in [2.24, 2.45) is 5.73 Å². The lowest BCUT2D eigenvalue weighted by Crippen LogP contribution is -2.16. The van der Waals surface area contributed by atoms with Gasteiger partial charge in [-0.15, -0.1) is 0 Å². The average molecular weight is 252 g/mol. The highest BCUT2D eigenvalue weighted by Crippen LogP contribution is 2.24. The number of hydrogen-bond acceptors (Lipinski definition) is 3. The Labute approximate surface area is 111 Å². The lowest BCUT2D eigenvalue weighted by molar-refractivity contribution is 0.794. The molecule has 96 valence electrons. The Morgan fingerprint density at radius 1 is 1.11 bits per heavy atom. The Bertz CT molecular complexity index is 716. The summed E-state index contributed by atoms with van der Waals surface area (Å²) in [7, 11) is 0. The first-order chi connectivity index (χ1) is 9.18. The summed E-state index contributed by atoms with van der Waals surface area (Å²) in [5.41, 5.74) is 11.5. The molecule has 4 heteroatoms. The van der Waals surface area contributed by atoms with Gasteiger partial charge in [-0.2, -0.15) is 0 Å². The van der Waals surface area contributed by atoms with E-state index in [9.17, 15) is 0 Å². The van der Waals surface area contributed by atoms with Gasteiger partial charge in [0.2, 0.25) is 0 Å². The third-order valence-electron chi connectivity index (χ3n) is 3.42. The molecule has 0 aliphatic carbocycles. The fourth-order valence-corrected chi connectivity index (χ4v) is 2.49. The van der Waals surface area contributed by atoms with Gasteiger partial charge in [0.15, 0.2) is 0 Å². The molecular weight excluding hydrogens is 236 g/mol. The molecule has 0 saturated heterocycles. The van der Waals surface area contributed by atoms with E-state index in [0.29, 0.717) is 0 Å². The molecule has 0 spiro atoms. The molecule has 0 aliphatic rings. The van der Waals surface area contributed by atoms with Gasteiger partial charge in [0.05, 0.1) is 17.4 Å². The largest absolute Gasteiger partial charge is 0.319 e. The van der Waals surface area contributed by atoms with Gasteiger partial charge in [-0.25, -0.2) is 4.98 Å². The highest BCUT2D eigenvalue weighted by Gasteiger charge is 2.18. The first-order valence-electron chi connectivity index (χ1n) is 6.28. The molecular formula is C15H16N4. The van der Waals surface area contributed by atoms with Crippen molar-refractivity contribution in [2.45, 2.75) is 19.9 Å². The van der Waals surface area contributed by atoms with Crippen LogP contribution in [0.25, 0.3) is 5.65 Å². The summed E-state index contributed by atoms with van der Waals surface area (Å²) in [5.74, 6) is 0. The molecule has 0 aromatic carbocycles. The maximum atomic E-state index is 6.41. The molecule has 4 nitrogen and oxygen atoms in total. The Morgan fingerprint density at radius 3 is 2.58 bits per heavy atom. The number of hydrogen-bond donors (Lipinski definition) is 1. The molecule has 1 atom stereocenters. The van der Waals surface area contributed by atoms with E-state index >= 15 is 0 Å². The smallest absolute Gasteiger partial charge is 0.137 e. The molecule has 0 fully saturated rings. The van der Waals surface area contributed by atoms with Gasteiger partial charge < -0.3 is 5.73 Å². The average Bonchev–Trinajstić information content (AvgIpc) is 2.76. The molecule has 3 heterocycles. The van der Waals surface area contributed by atoms with Gasteiger partial charge in [-0.05, 0) is 43.7 Å². The van der Waals surface area contributed by atoms with Crippen molar-refractivity contribution in [2.75, 3.05) is 0 Å². The molecule has 0 amide bonds. The monoisotopic (exact) mass is 252 g/mol. The molecule has 1 unspecified atom stereocenters. The molecule has 3 aromatic rings. The van der Waals surface area contributed by atoms with Gasteiger partial charge in [0.1, 0.15) is 5.65 Å². The quantitative estimate of drug-likeness (QED) is 0.762. The Hall–Kier alpha value is -2.20. The molecule has 19 heavy (non-hydrogen) atoms. The lowest BCUT2D eigenvalue weighted by atomic mass is 10.0. The first kappa shape index (κ1) is 11.9. The van der Waals surface area contributed by atoms with E-state index in [-0.39, 0.29) is 6.04 Å². The number of fused-ring (bicyclic) bond motifs is 1. The molecule has 0 saturated carbocycles. The number of aromatic nitrogens is 3. The SMILES string of the molecule is Cc1nc2cccc(C)n2c1C(N)c1ccncc1. The minimum Gasteiger partial charge on any atom is -0.319 e. The van der Waals surface area contributed by atoms with Crippen molar-refractivity contribution in [1.29, 1.82) is 0 Å². The summed E-state index contributed by atoms with van der Waals surface area (Å²) >= 11 is 0. The van der Waals surface area contributed by atoms with Crippen LogP contribution >= 0.6 is 0 Å². The van der Waals surface area contributed by atoms with Crippen LogP contribution in [0.1, 0.15) is 28.7 Å². The number of nitrogens with zero attached hydrogens (tertiary/aromatic N) is 3. The third kappa shape index (κ3) is 1.90. The van der Waals surface area contributed by atoms with Gasteiger partial charge in [-0.1, -0.05) is 6.07 Å². The summed E-state index contributed by atoms with van der Waals surface area (Å²) in [6.45, 7) is 4.07. The highest BCUT2D eigenvalue weighted by atomic mass is 15.0. The van der Waals surface area contributed by atoms with Gasteiger partial charge >= 0.3 is 0 Å². The normalized spacial score (nSPS) is 12.8. The van der Waals surface area contributed by atoms with Gasteiger partial charge in [0.25, 0.3) is 0 Å². The van der Waals surface area contributed by atoms with Crippen molar-refractivity contribution < 1.29 is 0 Å². The molecule has 0 radical (unpaired) electrons. The molecule has 0 aliphatic heterocycles. The van der Waals surface area contributed by atoms with Crippen LogP contribution in [0.3, 0.4) is 0 Å². The van der Waals surface area contributed by atoms with Crippen molar-refractivity contribution in [3.05, 3.63) is 65.4 Å². The number of nitrogens with two attached hydrogens (primary N) is 1. The number of imidazole rings is 1. The fraction of sp³-hybridized carbons (Fsp3) is 0.200. The fourth-order valence-electron chi connectivity index (χ4n) is 2.49. The van der Waals surface area contributed by atoms with Crippen molar-refractivity contribution in [1.82, 2.24) is 14.4 Å². The third-order valence-corrected chi connectivity index (χ3v) is 3.42. The van der Waals surface area contributed by atoms with Gasteiger partial charge in [0, 0.05) is 18.1 Å². The topological polar surface area (TPSA) is 56.2 Å². The van der Waals surface area contributed by atoms with E-state index in [1.165, 1.54) is 0 Å². The van der Waals surface area contributed by atoms with Crippen LogP contribution in [-0.2, 0) is 0 Å². The van der Waals surface area contributed by atoms with E-state index in [1.807, 2.05) is 31.2 Å². The number of pyridine rings is 2. The maximum absolute atomic E-state index is 6.41. The Kier molecular flexibility index (Phi) is 2.80. The van der Waals surface area contributed by atoms with Crippen molar-refractivity contribution in [3.8, 4) is 0 Å². The van der Waals surface area contributed by atoms with Gasteiger partial charge in [-0.3, -0.25) is 9.38 Å². The Morgan fingerprint density at radius 2 is 1.84 bits per heavy atom. The molecule has 3 rings (SSSR count). The zero-order chi connectivity index (χ0) is 13.4. The van der Waals surface area contributed by atoms with E-state index in [1.54, 1.807) is 12.4 Å². The van der Waals surface area contributed by atoms with Crippen LogP contribution in [0.5, 0.6) is 0 Å². The first-order valence-corrected chi connectivity index (χ1v) is 6.28. The standard InChI is InChI=1S/C15H16N4/c1-10-4-3-5-13-18-11(2)15(19(10)13)14(16)12-6-8-17-9-7-12/h3-9,14H,16H2,1-2H3. The zero-order valence-electron chi connectivity index (χ0n) is 11.0. The van der Waals surface area contributed by atoms with Crippen LogP contribution in [0.4, 0.5) is 0 Å². The number of rotatable bonds is 2. The zero-order valence-corrected chi connectivity index (χ0v) is 11.0.